The minimum Gasteiger partial charge on any atom is -0.381 e. The molecule has 1 aromatic rings. The van der Waals surface area contributed by atoms with Gasteiger partial charge in [-0.3, -0.25) is 9.67 Å². The highest BCUT2D eigenvalue weighted by molar-refractivity contribution is 14.0. The van der Waals surface area contributed by atoms with Crippen molar-refractivity contribution < 1.29 is 9.47 Å². The molecule has 0 bridgehead atoms. The first kappa shape index (κ1) is 21.2. The number of ether oxygens (including phenoxy) is 2. The Bertz CT molecular complexity index is 489. The molecule has 0 saturated carbocycles. The van der Waals surface area contributed by atoms with Crippen LogP contribution in [0.2, 0.25) is 0 Å². The molecule has 1 aliphatic rings. The summed E-state index contributed by atoms with van der Waals surface area (Å²) in [6, 6.07) is 0. The van der Waals surface area contributed by atoms with Crippen LogP contribution in [-0.2, 0) is 23.1 Å². The van der Waals surface area contributed by atoms with Crippen molar-refractivity contribution in [1.82, 2.24) is 20.0 Å². The molecule has 138 valence electrons. The zero-order chi connectivity index (χ0) is 16.5. The highest BCUT2D eigenvalue weighted by Gasteiger charge is 2.13. The van der Waals surface area contributed by atoms with Gasteiger partial charge >= 0.3 is 0 Å². The Labute approximate surface area is 161 Å². The summed E-state index contributed by atoms with van der Waals surface area (Å²) in [6.45, 7) is 4.07. The average Bonchev–Trinajstić information content (AvgIpc) is 2.96. The predicted octanol–water partition coefficient (Wildman–Crippen LogP) is 1.63. The van der Waals surface area contributed by atoms with Crippen LogP contribution in [0.1, 0.15) is 24.8 Å². The quantitative estimate of drug-likeness (QED) is 0.296. The van der Waals surface area contributed by atoms with Crippen LogP contribution in [0.3, 0.4) is 0 Å². The van der Waals surface area contributed by atoms with E-state index in [4.69, 9.17) is 9.47 Å². The third-order valence-corrected chi connectivity index (χ3v) is 3.88. The molecule has 0 aromatic carbocycles. The van der Waals surface area contributed by atoms with Crippen LogP contribution in [0.4, 0.5) is 0 Å². The minimum atomic E-state index is 0. The topological polar surface area (TPSA) is 63.9 Å². The SMILES string of the molecule is CN=C(NCCCOC1CCOCC1)N(C)Cc1cnn(C)c1.I. The lowest BCUT2D eigenvalue weighted by Gasteiger charge is -2.23. The summed E-state index contributed by atoms with van der Waals surface area (Å²) >= 11 is 0. The Morgan fingerprint density at radius 3 is 2.88 bits per heavy atom. The molecule has 0 amide bonds. The second-order valence-electron chi connectivity index (χ2n) is 5.89. The fourth-order valence-electron chi connectivity index (χ4n) is 2.65. The number of aromatic nitrogens is 2. The van der Waals surface area contributed by atoms with E-state index >= 15 is 0 Å². The van der Waals surface area contributed by atoms with E-state index in [0.29, 0.717) is 6.10 Å². The second-order valence-corrected chi connectivity index (χ2v) is 5.89. The van der Waals surface area contributed by atoms with Crippen molar-refractivity contribution in [3.63, 3.8) is 0 Å². The number of hydrogen-bond donors (Lipinski definition) is 1. The largest absolute Gasteiger partial charge is 0.381 e. The molecule has 1 fully saturated rings. The highest BCUT2D eigenvalue weighted by atomic mass is 127. The summed E-state index contributed by atoms with van der Waals surface area (Å²) in [5.74, 6) is 0.889. The molecule has 1 N–H and O–H groups in total. The summed E-state index contributed by atoms with van der Waals surface area (Å²) in [5.41, 5.74) is 1.17. The highest BCUT2D eigenvalue weighted by Crippen LogP contribution is 2.10. The van der Waals surface area contributed by atoms with Crippen molar-refractivity contribution in [2.24, 2.45) is 12.0 Å². The summed E-state index contributed by atoms with van der Waals surface area (Å²) in [7, 11) is 5.76. The van der Waals surface area contributed by atoms with Crippen LogP contribution < -0.4 is 5.32 Å². The summed E-state index contributed by atoms with van der Waals surface area (Å²) in [6.07, 6.45) is 7.27. The number of rotatable bonds is 7. The Morgan fingerprint density at radius 2 is 2.25 bits per heavy atom. The van der Waals surface area contributed by atoms with Gasteiger partial charge in [-0.05, 0) is 19.3 Å². The first-order valence-corrected chi connectivity index (χ1v) is 8.27. The minimum absolute atomic E-state index is 0. The van der Waals surface area contributed by atoms with Crippen LogP contribution in [0, 0.1) is 0 Å². The zero-order valence-corrected chi connectivity index (χ0v) is 17.2. The third-order valence-electron chi connectivity index (χ3n) is 3.88. The molecular weight excluding hydrogens is 421 g/mol. The van der Waals surface area contributed by atoms with Crippen LogP contribution in [-0.4, -0.2) is 67.2 Å². The fraction of sp³-hybridized carbons (Fsp3) is 0.750. The van der Waals surface area contributed by atoms with E-state index in [1.807, 2.05) is 31.2 Å². The maximum atomic E-state index is 5.87. The van der Waals surface area contributed by atoms with E-state index in [-0.39, 0.29) is 24.0 Å². The number of halogens is 1. The lowest BCUT2D eigenvalue weighted by Crippen LogP contribution is -2.39. The number of nitrogens with one attached hydrogen (secondary N) is 1. The molecule has 2 heterocycles. The zero-order valence-electron chi connectivity index (χ0n) is 14.9. The molecule has 0 spiro atoms. The van der Waals surface area contributed by atoms with E-state index < -0.39 is 0 Å². The molecule has 0 aliphatic carbocycles. The number of guanidine groups is 1. The molecular formula is C16H30IN5O2. The second kappa shape index (κ2) is 11.6. The van der Waals surface area contributed by atoms with Gasteiger partial charge in [0.1, 0.15) is 0 Å². The maximum absolute atomic E-state index is 5.87. The molecule has 7 nitrogen and oxygen atoms in total. The van der Waals surface area contributed by atoms with Crippen molar-refractivity contribution in [2.75, 3.05) is 40.5 Å². The van der Waals surface area contributed by atoms with Gasteiger partial charge in [0.25, 0.3) is 0 Å². The van der Waals surface area contributed by atoms with Crippen molar-refractivity contribution in [3.8, 4) is 0 Å². The lowest BCUT2D eigenvalue weighted by atomic mass is 10.1. The van der Waals surface area contributed by atoms with Gasteiger partial charge in [-0.15, -0.1) is 24.0 Å². The molecule has 0 unspecified atom stereocenters. The Morgan fingerprint density at radius 1 is 1.50 bits per heavy atom. The molecule has 8 heteroatoms. The monoisotopic (exact) mass is 451 g/mol. The van der Waals surface area contributed by atoms with E-state index in [1.54, 1.807) is 7.05 Å². The number of hydrogen-bond acceptors (Lipinski definition) is 4. The molecule has 0 atom stereocenters. The molecule has 2 rings (SSSR count). The number of aliphatic imine (C=N–C) groups is 1. The predicted molar refractivity (Wildman–Crippen MR) is 106 cm³/mol. The van der Waals surface area contributed by atoms with Gasteiger partial charge in [0.15, 0.2) is 5.96 Å². The van der Waals surface area contributed by atoms with Gasteiger partial charge in [0.2, 0.25) is 0 Å². The Hall–Kier alpha value is -0.870. The Kier molecular flexibility index (Phi) is 10.3. The average molecular weight is 451 g/mol. The molecule has 24 heavy (non-hydrogen) atoms. The standard InChI is InChI=1S/C16H29N5O2.HI/c1-17-16(20(2)12-14-11-19-21(3)13-14)18-7-4-8-23-15-5-9-22-10-6-15;/h11,13,15H,4-10,12H2,1-3H3,(H,17,18);1H. The van der Waals surface area contributed by atoms with Gasteiger partial charge in [0.05, 0.1) is 12.3 Å². The van der Waals surface area contributed by atoms with Crippen molar-refractivity contribution >= 4 is 29.9 Å². The summed E-state index contributed by atoms with van der Waals surface area (Å²) in [4.78, 5) is 6.42. The van der Waals surface area contributed by atoms with Gasteiger partial charge in [-0.25, -0.2) is 0 Å². The van der Waals surface area contributed by atoms with Crippen molar-refractivity contribution in [3.05, 3.63) is 18.0 Å². The van der Waals surface area contributed by atoms with Gasteiger partial charge in [-0.1, -0.05) is 0 Å². The van der Waals surface area contributed by atoms with Crippen LogP contribution in [0.15, 0.2) is 17.4 Å². The Balaban J connectivity index is 0.00000288. The van der Waals surface area contributed by atoms with E-state index in [0.717, 1.165) is 58.1 Å². The molecule has 1 saturated heterocycles. The molecule has 0 radical (unpaired) electrons. The summed E-state index contributed by atoms with van der Waals surface area (Å²) in [5, 5.41) is 7.57. The van der Waals surface area contributed by atoms with Crippen molar-refractivity contribution in [2.45, 2.75) is 31.9 Å². The van der Waals surface area contributed by atoms with Gasteiger partial charge in [-0.2, -0.15) is 5.10 Å². The molecule has 1 aliphatic heterocycles. The van der Waals surface area contributed by atoms with Crippen LogP contribution in [0.25, 0.3) is 0 Å². The smallest absolute Gasteiger partial charge is 0.193 e. The fourth-order valence-corrected chi connectivity index (χ4v) is 2.65. The maximum Gasteiger partial charge on any atom is 0.193 e. The van der Waals surface area contributed by atoms with Crippen molar-refractivity contribution in [1.29, 1.82) is 0 Å². The van der Waals surface area contributed by atoms with Crippen LogP contribution >= 0.6 is 24.0 Å². The van der Waals surface area contributed by atoms with Gasteiger partial charge < -0.3 is 19.7 Å². The summed E-state index contributed by atoms with van der Waals surface area (Å²) < 4.78 is 13.0. The third kappa shape index (κ3) is 7.35. The van der Waals surface area contributed by atoms with E-state index in [1.165, 1.54) is 5.56 Å². The normalized spacial score (nSPS) is 15.9. The molecule has 1 aromatic heterocycles. The van der Waals surface area contributed by atoms with Gasteiger partial charge in [0, 0.05) is 65.8 Å². The van der Waals surface area contributed by atoms with Crippen LogP contribution in [0.5, 0.6) is 0 Å². The first-order valence-electron chi connectivity index (χ1n) is 8.27. The first-order chi connectivity index (χ1) is 11.2. The van der Waals surface area contributed by atoms with E-state index in [2.05, 4.69) is 20.3 Å². The number of nitrogens with zero attached hydrogens (tertiary/aromatic N) is 4. The van der Waals surface area contributed by atoms with E-state index in [9.17, 15) is 0 Å². The lowest BCUT2D eigenvalue weighted by molar-refractivity contribution is -0.0320. The number of aryl methyl sites for hydroxylation is 1.